The lowest BCUT2D eigenvalue weighted by Crippen LogP contribution is -3.00. The quantitative estimate of drug-likeness (QED) is 0.471. The zero-order valence-corrected chi connectivity index (χ0v) is 10.6. The molecule has 1 spiro atoms. The molecule has 0 amide bonds. The van der Waals surface area contributed by atoms with Gasteiger partial charge in [0, 0.05) is 6.42 Å². The van der Waals surface area contributed by atoms with Crippen molar-refractivity contribution in [2.45, 2.75) is 18.6 Å². The molecule has 2 heterocycles. The summed E-state index contributed by atoms with van der Waals surface area (Å²) in [5.41, 5.74) is 0. The summed E-state index contributed by atoms with van der Waals surface area (Å²) in [6, 6.07) is 0.0236. The number of rotatable bonds is 1. The Labute approximate surface area is 102 Å². The summed E-state index contributed by atoms with van der Waals surface area (Å²) in [7, 11) is -2.87. The zero-order chi connectivity index (χ0) is 11.1. The van der Waals surface area contributed by atoms with E-state index < -0.39 is 9.84 Å². The Morgan fingerprint density at radius 3 is 2.31 bits per heavy atom. The van der Waals surface area contributed by atoms with Crippen LogP contribution in [-0.2, 0) is 9.84 Å². The topological polar surface area (TPSA) is 74.6 Å². The number of sulfone groups is 1. The average molecular weight is 272 g/mol. The van der Waals surface area contributed by atoms with Gasteiger partial charge in [-0.1, -0.05) is 0 Å². The van der Waals surface area contributed by atoms with Crippen molar-refractivity contribution >= 4 is 9.84 Å². The second-order valence-electron chi connectivity index (χ2n) is 4.73. The average Bonchev–Trinajstić information content (AvgIpc) is 2.49. The van der Waals surface area contributed by atoms with Crippen LogP contribution >= 0.6 is 0 Å². The van der Waals surface area contributed by atoms with Crippen molar-refractivity contribution in [2.75, 3.05) is 37.7 Å². The number of aliphatic hydroxyl groups excluding tert-OH is 2. The van der Waals surface area contributed by atoms with Crippen LogP contribution in [0.25, 0.3) is 0 Å². The number of hydrogen-bond acceptors (Lipinski definition) is 4. The maximum Gasteiger partial charge on any atom is 0.161 e. The van der Waals surface area contributed by atoms with Crippen molar-refractivity contribution in [1.82, 2.24) is 0 Å². The summed E-state index contributed by atoms with van der Waals surface area (Å²) < 4.78 is 23.3. The predicted molar refractivity (Wildman–Crippen MR) is 55.0 cm³/mol. The Kier molecular flexibility index (Phi) is 4.23. The number of halogens is 1. The van der Waals surface area contributed by atoms with Gasteiger partial charge in [-0.15, -0.1) is 0 Å². The highest BCUT2D eigenvalue weighted by Crippen LogP contribution is 2.29. The van der Waals surface area contributed by atoms with E-state index in [1.165, 1.54) is 0 Å². The Morgan fingerprint density at radius 1 is 1.25 bits per heavy atom. The standard InChI is InChI=1S/C9H18NO4S.ClH/c11-7-8-5-9(12)6-10(8)1-3-15(13,14)4-2-10;/h8-9,11-12H,1-7H2;1H/q+1;/p-1/t8-,9+;/m0./s1. The van der Waals surface area contributed by atoms with Crippen LogP contribution in [0.3, 0.4) is 0 Å². The van der Waals surface area contributed by atoms with Crippen LogP contribution in [-0.4, -0.2) is 73.0 Å². The lowest BCUT2D eigenvalue weighted by atomic mass is 10.2. The Hall–Kier alpha value is 0.120. The third-order valence-corrected chi connectivity index (χ3v) is 5.41. The van der Waals surface area contributed by atoms with Crippen LogP contribution < -0.4 is 12.4 Å². The Bertz CT molecular complexity index is 331. The summed E-state index contributed by atoms with van der Waals surface area (Å²) in [6.07, 6.45) is 0.208. The molecule has 0 aliphatic carbocycles. The van der Waals surface area contributed by atoms with Gasteiger partial charge in [-0.05, 0) is 0 Å². The predicted octanol–water partition coefficient (Wildman–Crippen LogP) is -4.64. The molecule has 0 bridgehead atoms. The molecular formula is C9H18ClNO4S. The highest BCUT2D eigenvalue weighted by Gasteiger charge is 2.48. The van der Waals surface area contributed by atoms with Gasteiger partial charge in [0.2, 0.25) is 0 Å². The largest absolute Gasteiger partial charge is 1.00 e. The summed E-state index contributed by atoms with van der Waals surface area (Å²) >= 11 is 0. The van der Waals surface area contributed by atoms with E-state index in [9.17, 15) is 18.6 Å². The third kappa shape index (κ3) is 2.51. The minimum absolute atomic E-state index is 0. The molecule has 0 aromatic rings. The number of aliphatic hydroxyl groups is 2. The van der Waals surface area contributed by atoms with Gasteiger partial charge in [-0.2, -0.15) is 0 Å². The highest BCUT2D eigenvalue weighted by atomic mass is 35.5. The molecule has 5 nitrogen and oxygen atoms in total. The molecule has 2 fully saturated rings. The zero-order valence-electron chi connectivity index (χ0n) is 9.05. The number of nitrogens with zero attached hydrogens (tertiary/aromatic N) is 1. The molecule has 96 valence electrons. The molecule has 2 atom stereocenters. The molecule has 2 aliphatic heterocycles. The van der Waals surface area contributed by atoms with Gasteiger partial charge in [-0.25, -0.2) is 8.42 Å². The number of hydrogen-bond donors (Lipinski definition) is 2. The van der Waals surface area contributed by atoms with Crippen molar-refractivity contribution in [3.63, 3.8) is 0 Å². The second-order valence-corrected chi connectivity index (χ2v) is 7.03. The molecule has 7 heteroatoms. The molecule has 2 N–H and O–H groups in total. The normalized spacial score (nSPS) is 35.9. The fourth-order valence-corrected chi connectivity index (χ4v) is 4.32. The number of quaternary nitrogens is 1. The molecule has 2 saturated heterocycles. The van der Waals surface area contributed by atoms with E-state index in [2.05, 4.69) is 0 Å². The first kappa shape index (κ1) is 14.2. The van der Waals surface area contributed by atoms with Crippen molar-refractivity contribution < 1.29 is 35.5 Å². The molecule has 0 radical (unpaired) electrons. The van der Waals surface area contributed by atoms with Crippen LogP contribution in [0.2, 0.25) is 0 Å². The molecule has 0 saturated carbocycles. The summed E-state index contributed by atoms with van der Waals surface area (Å²) in [5.74, 6) is 0.381. The SMILES string of the molecule is O=S1(=O)CC[N+]2(CC1)C[C@H](O)C[C@H]2CO.[Cl-]. The lowest BCUT2D eigenvalue weighted by molar-refractivity contribution is -0.937. The molecule has 2 aliphatic rings. The van der Waals surface area contributed by atoms with Crippen LogP contribution in [0.5, 0.6) is 0 Å². The summed E-state index contributed by atoms with van der Waals surface area (Å²) in [4.78, 5) is 0. The monoisotopic (exact) mass is 271 g/mol. The molecular weight excluding hydrogens is 254 g/mol. The second kappa shape index (κ2) is 4.78. The van der Waals surface area contributed by atoms with Crippen LogP contribution in [0.15, 0.2) is 0 Å². The van der Waals surface area contributed by atoms with Crippen LogP contribution in [0, 0.1) is 0 Å². The maximum absolute atomic E-state index is 11.3. The first-order valence-corrected chi connectivity index (χ1v) is 7.15. The van der Waals surface area contributed by atoms with Gasteiger partial charge in [0.05, 0.1) is 31.2 Å². The fraction of sp³-hybridized carbons (Fsp3) is 1.00. The molecule has 0 aromatic carbocycles. The van der Waals surface area contributed by atoms with Crippen LogP contribution in [0.4, 0.5) is 0 Å². The Morgan fingerprint density at radius 2 is 1.81 bits per heavy atom. The summed E-state index contributed by atoms with van der Waals surface area (Å²) in [6.45, 7) is 1.73. The van der Waals surface area contributed by atoms with Gasteiger partial charge in [0.25, 0.3) is 0 Å². The smallest absolute Gasteiger partial charge is 0.161 e. The van der Waals surface area contributed by atoms with Crippen LogP contribution in [0.1, 0.15) is 6.42 Å². The van der Waals surface area contributed by atoms with Gasteiger partial charge in [0.1, 0.15) is 18.7 Å². The minimum Gasteiger partial charge on any atom is -1.00 e. The van der Waals surface area contributed by atoms with Crippen molar-refractivity contribution in [3.8, 4) is 0 Å². The van der Waals surface area contributed by atoms with Crippen molar-refractivity contribution in [1.29, 1.82) is 0 Å². The van der Waals surface area contributed by atoms with E-state index in [1.807, 2.05) is 0 Å². The van der Waals surface area contributed by atoms with E-state index in [4.69, 9.17) is 0 Å². The third-order valence-electron chi connectivity index (χ3n) is 3.80. The lowest BCUT2D eigenvalue weighted by Gasteiger charge is -2.41. The fourth-order valence-electron chi connectivity index (χ4n) is 2.83. The van der Waals surface area contributed by atoms with Crippen molar-refractivity contribution in [2.24, 2.45) is 0 Å². The van der Waals surface area contributed by atoms with Crippen molar-refractivity contribution in [3.05, 3.63) is 0 Å². The molecule has 0 aromatic heterocycles. The van der Waals surface area contributed by atoms with Gasteiger partial charge >= 0.3 is 0 Å². The van der Waals surface area contributed by atoms with E-state index in [0.29, 0.717) is 30.5 Å². The molecule has 2 rings (SSSR count). The van der Waals surface area contributed by atoms with E-state index in [-0.39, 0.29) is 42.7 Å². The molecule has 0 unspecified atom stereocenters. The summed E-state index contributed by atoms with van der Waals surface area (Å²) in [5, 5.41) is 18.9. The van der Waals surface area contributed by atoms with Gasteiger partial charge in [-0.3, -0.25) is 0 Å². The minimum atomic E-state index is -2.87. The van der Waals surface area contributed by atoms with E-state index >= 15 is 0 Å². The van der Waals surface area contributed by atoms with E-state index in [0.717, 1.165) is 0 Å². The van der Waals surface area contributed by atoms with E-state index in [1.54, 1.807) is 0 Å². The Balaban J connectivity index is 0.00000128. The first-order valence-electron chi connectivity index (χ1n) is 5.32. The molecule has 16 heavy (non-hydrogen) atoms. The first-order chi connectivity index (χ1) is 6.97. The van der Waals surface area contributed by atoms with Gasteiger partial charge < -0.3 is 27.1 Å². The maximum atomic E-state index is 11.3. The van der Waals surface area contributed by atoms with Gasteiger partial charge in [0.15, 0.2) is 9.84 Å². The highest BCUT2D eigenvalue weighted by molar-refractivity contribution is 7.91.